The van der Waals surface area contributed by atoms with Crippen LogP contribution in [0.1, 0.15) is 20.3 Å². The molecule has 0 bridgehead atoms. The van der Waals surface area contributed by atoms with Crippen LogP contribution >= 0.6 is 11.8 Å². The number of ether oxygens (including phenoxy) is 1. The Labute approximate surface area is 91.6 Å². The fourth-order valence-electron chi connectivity index (χ4n) is 1.05. The van der Waals surface area contributed by atoms with Crippen molar-refractivity contribution in [3.63, 3.8) is 0 Å². The second-order valence-electron chi connectivity index (χ2n) is 3.18. The minimum Gasteiger partial charge on any atom is -0.394 e. The van der Waals surface area contributed by atoms with Gasteiger partial charge in [-0.3, -0.25) is 0 Å². The number of aliphatic hydroxyl groups is 1. The second kappa shape index (κ2) is 11.3. The van der Waals surface area contributed by atoms with Gasteiger partial charge in [-0.1, -0.05) is 6.92 Å². The summed E-state index contributed by atoms with van der Waals surface area (Å²) in [6.45, 7) is 6.50. The lowest BCUT2D eigenvalue weighted by Crippen LogP contribution is -2.30. The van der Waals surface area contributed by atoms with Gasteiger partial charge in [0.05, 0.1) is 19.8 Å². The van der Waals surface area contributed by atoms with Crippen molar-refractivity contribution in [2.45, 2.75) is 26.3 Å². The predicted octanol–water partition coefficient (Wildman–Crippen LogP) is 1.12. The summed E-state index contributed by atoms with van der Waals surface area (Å²) in [5, 5.41) is 11.9. The molecule has 1 unspecified atom stereocenters. The lowest BCUT2D eigenvalue weighted by Gasteiger charge is -2.13. The third-order valence-electron chi connectivity index (χ3n) is 1.87. The molecular formula is C10H23NO2S. The van der Waals surface area contributed by atoms with Crippen molar-refractivity contribution >= 4 is 11.8 Å². The molecule has 3 nitrogen and oxygen atoms in total. The number of nitrogens with one attached hydrogen (secondary N) is 1. The average molecular weight is 221 g/mol. The van der Waals surface area contributed by atoms with Gasteiger partial charge in [-0.2, -0.15) is 11.8 Å². The summed E-state index contributed by atoms with van der Waals surface area (Å²) in [6.07, 6.45) is 1.21. The Hall–Kier alpha value is 0.230. The van der Waals surface area contributed by atoms with E-state index in [1.165, 1.54) is 17.9 Å². The first-order valence-electron chi connectivity index (χ1n) is 5.31. The highest BCUT2D eigenvalue weighted by Crippen LogP contribution is 2.03. The van der Waals surface area contributed by atoms with Crippen LogP contribution in [-0.2, 0) is 4.74 Å². The summed E-state index contributed by atoms with van der Waals surface area (Å²) < 4.78 is 5.14. The molecule has 0 aromatic carbocycles. The quantitative estimate of drug-likeness (QED) is 0.542. The smallest absolute Gasteiger partial charge is 0.0698 e. The van der Waals surface area contributed by atoms with E-state index < -0.39 is 0 Å². The highest BCUT2D eigenvalue weighted by atomic mass is 32.2. The Balaban J connectivity index is 3.06. The molecular weight excluding hydrogens is 198 g/mol. The first-order valence-corrected chi connectivity index (χ1v) is 6.46. The minimum atomic E-state index is 0.114. The van der Waals surface area contributed by atoms with E-state index in [1.54, 1.807) is 0 Å². The van der Waals surface area contributed by atoms with E-state index in [-0.39, 0.29) is 6.61 Å². The van der Waals surface area contributed by atoms with E-state index >= 15 is 0 Å². The zero-order chi connectivity index (χ0) is 10.6. The molecule has 14 heavy (non-hydrogen) atoms. The van der Waals surface area contributed by atoms with Crippen LogP contribution in [-0.4, -0.2) is 49.0 Å². The molecule has 0 radical (unpaired) electrons. The molecule has 0 rings (SSSR count). The summed E-state index contributed by atoms with van der Waals surface area (Å²) >= 11 is 1.98. The number of aliphatic hydroxyl groups excluding tert-OH is 1. The summed E-state index contributed by atoms with van der Waals surface area (Å²) in [6, 6.07) is 0.562. The van der Waals surface area contributed by atoms with Gasteiger partial charge in [0.2, 0.25) is 0 Å². The van der Waals surface area contributed by atoms with Gasteiger partial charge in [0.25, 0.3) is 0 Å². The Morgan fingerprint density at radius 1 is 1.43 bits per heavy atom. The fraction of sp³-hybridized carbons (Fsp3) is 1.00. The molecule has 0 fully saturated rings. The maximum atomic E-state index is 8.47. The molecule has 0 aromatic heterocycles. The molecule has 4 heteroatoms. The molecule has 0 saturated heterocycles. The van der Waals surface area contributed by atoms with E-state index in [0.29, 0.717) is 19.3 Å². The Kier molecular flexibility index (Phi) is 11.5. The van der Waals surface area contributed by atoms with Gasteiger partial charge in [-0.15, -0.1) is 0 Å². The predicted molar refractivity (Wildman–Crippen MR) is 63.0 cm³/mol. The highest BCUT2D eigenvalue weighted by Gasteiger charge is 1.99. The van der Waals surface area contributed by atoms with Crippen LogP contribution in [0.25, 0.3) is 0 Å². The number of hydrogen-bond donors (Lipinski definition) is 2. The highest BCUT2D eigenvalue weighted by molar-refractivity contribution is 7.99. The summed E-state index contributed by atoms with van der Waals surface area (Å²) in [5.74, 6) is 2.43. The van der Waals surface area contributed by atoms with Crippen molar-refractivity contribution in [1.29, 1.82) is 0 Å². The maximum Gasteiger partial charge on any atom is 0.0698 e. The van der Waals surface area contributed by atoms with Gasteiger partial charge < -0.3 is 15.2 Å². The Bertz CT molecular complexity index is 114. The summed E-state index contributed by atoms with van der Waals surface area (Å²) in [5.41, 5.74) is 0. The van der Waals surface area contributed by atoms with Crippen LogP contribution in [0.15, 0.2) is 0 Å². The van der Waals surface area contributed by atoms with Crippen molar-refractivity contribution < 1.29 is 9.84 Å². The zero-order valence-electron chi connectivity index (χ0n) is 9.29. The molecule has 0 spiro atoms. The lowest BCUT2D eigenvalue weighted by molar-refractivity contribution is 0.0928. The van der Waals surface area contributed by atoms with Crippen LogP contribution in [0.2, 0.25) is 0 Å². The van der Waals surface area contributed by atoms with E-state index in [4.69, 9.17) is 9.84 Å². The van der Waals surface area contributed by atoms with Gasteiger partial charge in [0.15, 0.2) is 0 Å². The van der Waals surface area contributed by atoms with Crippen LogP contribution in [0.3, 0.4) is 0 Å². The molecule has 0 aliphatic carbocycles. The Morgan fingerprint density at radius 2 is 2.21 bits per heavy atom. The zero-order valence-corrected chi connectivity index (χ0v) is 10.1. The molecule has 2 N–H and O–H groups in total. The second-order valence-corrected chi connectivity index (χ2v) is 4.57. The third-order valence-corrected chi connectivity index (χ3v) is 2.81. The average Bonchev–Trinajstić information content (AvgIpc) is 2.18. The van der Waals surface area contributed by atoms with Crippen molar-refractivity contribution in [3.8, 4) is 0 Å². The van der Waals surface area contributed by atoms with E-state index in [1.807, 2.05) is 11.8 Å². The molecule has 0 saturated carbocycles. The molecule has 0 heterocycles. The van der Waals surface area contributed by atoms with Gasteiger partial charge >= 0.3 is 0 Å². The maximum absolute atomic E-state index is 8.47. The van der Waals surface area contributed by atoms with Gasteiger partial charge in [-0.05, 0) is 24.9 Å². The molecule has 0 amide bonds. The van der Waals surface area contributed by atoms with E-state index in [0.717, 1.165) is 6.54 Å². The Morgan fingerprint density at radius 3 is 2.86 bits per heavy atom. The fourth-order valence-corrected chi connectivity index (χ4v) is 1.86. The first kappa shape index (κ1) is 14.2. The van der Waals surface area contributed by atoms with Crippen molar-refractivity contribution in [3.05, 3.63) is 0 Å². The summed E-state index contributed by atoms with van der Waals surface area (Å²) in [7, 11) is 0. The number of thioether (sulfide) groups is 1. The third kappa shape index (κ3) is 10.3. The van der Waals surface area contributed by atoms with Gasteiger partial charge in [0.1, 0.15) is 0 Å². The van der Waals surface area contributed by atoms with Crippen LogP contribution in [0, 0.1) is 0 Å². The number of rotatable bonds is 10. The van der Waals surface area contributed by atoms with Gasteiger partial charge in [0, 0.05) is 12.6 Å². The number of hydrogen-bond acceptors (Lipinski definition) is 4. The van der Waals surface area contributed by atoms with Crippen LogP contribution < -0.4 is 5.32 Å². The van der Waals surface area contributed by atoms with Crippen molar-refractivity contribution in [2.24, 2.45) is 0 Å². The van der Waals surface area contributed by atoms with E-state index in [2.05, 4.69) is 19.2 Å². The molecule has 86 valence electrons. The first-order chi connectivity index (χ1) is 6.81. The minimum absolute atomic E-state index is 0.114. The van der Waals surface area contributed by atoms with Crippen LogP contribution in [0.4, 0.5) is 0 Å². The van der Waals surface area contributed by atoms with E-state index in [9.17, 15) is 0 Å². The van der Waals surface area contributed by atoms with Crippen molar-refractivity contribution in [2.75, 3.05) is 37.9 Å². The van der Waals surface area contributed by atoms with Crippen molar-refractivity contribution in [1.82, 2.24) is 5.32 Å². The van der Waals surface area contributed by atoms with Crippen LogP contribution in [0.5, 0.6) is 0 Å². The molecule has 1 atom stereocenters. The monoisotopic (exact) mass is 221 g/mol. The SMILES string of the molecule is CCSCCC(C)NCCOCCO. The molecule has 0 aliphatic heterocycles. The lowest BCUT2D eigenvalue weighted by atomic mass is 10.2. The van der Waals surface area contributed by atoms with Gasteiger partial charge in [-0.25, -0.2) is 0 Å². The topological polar surface area (TPSA) is 41.5 Å². The largest absolute Gasteiger partial charge is 0.394 e. The summed E-state index contributed by atoms with van der Waals surface area (Å²) in [4.78, 5) is 0. The molecule has 0 aliphatic rings. The standard InChI is InChI=1S/C10H23NO2S/c1-3-14-9-4-10(2)11-5-7-13-8-6-12/h10-12H,3-9H2,1-2H3. The normalized spacial score (nSPS) is 13.1. The molecule has 0 aromatic rings.